The van der Waals surface area contributed by atoms with Gasteiger partial charge in [0.1, 0.15) is 0 Å². The molecule has 0 aromatic carbocycles. The second-order valence-corrected chi connectivity index (χ2v) is 7.87. The van der Waals surface area contributed by atoms with E-state index in [0.717, 1.165) is 19.3 Å². The third-order valence-electron chi connectivity index (χ3n) is 6.12. The molecule has 0 rings (SSSR count). The number of carboxylic acids is 2. The number of rotatable bonds is 8. The second-order valence-electron chi connectivity index (χ2n) is 7.87. The summed E-state index contributed by atoms with van der Waals surface area (Å²) in [5.74, 6) is -1.55. The Balaban J connectivity index is 0. The van der Waals surface area contributed by atoms with Gasteiger partial charge >= 0.3 is 11.9 Å². The molecule has 2 unspecified atom stereocenters. The van der Waals surface area contributed by atoms with Crippen molar-refractivity contribution in [2.24, 2.45) is 22.2 Å². The maximum absolute atomic E-state index is 11.1. The Morgan fingerprint density at radius 3 is 1.35 bits per heavy atom. The minimum absolute atomic E-state index is 0.0689. The van der Waals surface area contributed by atoms with Gasteiger partial charge in [-0.1, -0.05) is 61.8 Å². The van der Waals surface area contributed by atoms with E-state index in [2.05, 4.69) is 0 Å². The molecule has 0 heterocycles. The minimum Gasteiger partial charge on any atom is -0.481 e. The SMILES string of the molecule is CCC(C(=O)O)C(C)(C)CC.CCC(C)(C)C(C)(CC)C(=O)O. The molecule has 0 radical (unpaired) electrons. The standard InChI is InChI=1S/C10H20O2.C9H18O2/c1-6-9(3,4)10(5,7-2)8(11)12;1-5-7(8(10)11)9(3,4)6-2/h6-7H2,1-5H3,(H,11,12);7H,5-6H2,1-4H3,(H,10,11). The fourth-order valence-corrected chi connectivity index (χ4v) is 2.62. The molecular weight excluding hydrogens is 292 g/mol. The Hall–Kier alpha value is -1.06. The second kappa shape index (κ2) is 9.29. The molecule has 0 aromatic heterocycles. The van der Waals surface area contributed by atoms with E-state index in [0.29, 0.717) is 6.42 Å². The lowest BCUT2D eigenvalue weighted by Crippen LogP contribution is -2.41. The molecule has 0 saturated heterocycles. The van der Waals surface area contributed by atoms with Gasteiger partial charge in [-0.05, 0) is 37.0 Å². The predicted molar refractivity (Wildman–Crippen MR) is 95.6 cm³/mol. The van der Waals surface area contributed by atoms with Gasteiger partial charge in [-0.25, -0.2) is 0 Å². The summed E-state index contributed by atoms with van der Waals surface area (Å²) in [6, 6.07) is 0. The van der Waals surface area contributed by atoms with Crippen molar-refractivity contribution >= 4 is 11.9 Å². The maximum Gasteiger partial charge on any atom is 0.309 e. The van der Waals surface area contributed by atoms with Crippen molar-refractivity contribution in [2.45, 2.75) is 88.0 Å². The van der Waals surface area contributed by atoms with Crippen LogP contribution in [0.15, 0.2) is 0 Å². The van der Waals surface area contributed by atoms with Crippen molar-refractivity contribution in [1.82, 2.24) is 0 Å². The van der Waals surface area contributed by atoms with Crippen LogP contribution in [0.2, 0.25) is 0 Å². The molecule has 0 spiro atoms. The Morgan fingerprint density at radius 1 is 0.826 bits per heavy atom. The van der Waals surface area contributed by atoms with E-state index in [-0.39, 0.29) is 16.7 Å². The monoisotopic (exact) mass is 330 g/mol. The van der Waals surface area contributed by atoms with Gasteiger partial charge in [-0.2, -0.15) is 0 Å². The van der Waals surface area contributed by atoms with Crippen molar-refractivity contribution in [3.63, 3.8) is 0 Å². The average molecular weight is 331 g/mol. The molecule has 0 aliphatic carbocycles. The van der Waals surface area contributed by atoms with E-state index in [1.807, 2.05) is 62.3 Å². The maximum atomic E-state index is 11.1. The third kappa shape index (κ3) is 6.15. The normalized spacial score (nSPS) is 15.9. The highest BCUT2D eigenvalue weighted by atomic mass is 16.4. The zero-order valence-electron chi connectivity index (χ0n) is 16.6. The number of hydrogen-bond acceptors (Lipinski definition) is 2. The number of hydrogen-bond donors (Lipinski definition) is 2. The summed E-state index contributed by atoms with van der Waals surface area (Å²) in [7, 11) is 0. The van der Waals surface area contributed by atoms with Gasteiger partial charge in [0.05, 0.1) is 11.3 Å². The van der Waals surface area contributed by atoms with Crippen LogP contribution in [-0.4, -0.2) is 22.2 Å². The summed E-state index contributed by atoms with van der Waals surface area (Å²) in [6.45, 7) is 17.8. The predicted octanol–water partition coefficient (Wildman–Crippen LogP) is 5.46. The van der Waals surface area contributed by atoms with Crippen molar-refractivity contribution in [2.75, 3.05) is 0 Å². The quantitative estimate of drug-likeness (QED) is 0.620. The fraction of sp³-hybridized carbons (Fsp3) is 0.895. The van der Waals surface area contributed by atoms with Crippen molar-refractivity contribution in [3.8, 4) is 0 Å². The van der Waals surface area contributed by atoms with Crippen LogP contribution in [0, 0.1) is 22.2 Å². The van der Waals surface area contributed by atoms with Gasteiger partial charge in [0.25, 0.3) is 0 Å². The first-order valence-electron chi connectivity index (χ1n) is 8.73. The molecule has 2 N–H and O–H groups in total. The summed E-state index contributed by atoms with van der Waals surface area (Å²) in [6.07, 6.45) is 3.21. The molecule has 4 nitrogen and oxygen atoms in total. The van der Waals surface area contributed by atoms with Crippen LogP contribution in [0.1, 0.15) is 88.0 Å². The summed E-state index contributed by atoms with van der Waals surface area (Å²) in [4.78, 5) is 21.8. The van der Waals surface area contributed by atoms with Crippen LogP contribution in [0.4, 0.5) is 0 Å². The zero-order valence-corrected chi connectivity index (χ0v) is 16.6. The fourth-order valence-electron chi connectivity index (χ4n) is 2.62. The average Bonchev–Trinajstić information content (AvgIpc) is 2.46. The molecular formula is C19H38O4. The van der Waals surface area contributed by atoms with E-state index in [1.165, 1.54) is 0 Å². The molecule has 0 saturated carbocycles. The zero-order chi connectivity index (χ0) is 19.1. The molecule has 0 fully saturated rings. The Kier molecular flexibility index (Phi) is 9.77. The van der Waals surface area contributed by atoms with Crippen LogP contribution in [0.3, 0.4) is 0 Å². The first kappa shape index (κ1) is 24.2. The highest BCUT2D eigenvalue weighted by molar-refractivity contribution is 5.75. The summed E-state index contributed by atoms with van der Waals surface area (Å²) in [5, 5.41) is 17.9. The van der Waals surface area contributed by atoms with Crippen LogP contribution in [-0.2, 0) is 9.59 Å². The van der Waals surface area contributed by atoms with E-state index < -0.39 is 17.4 Å². The van der Waals surface area contributed by atoms with Crippen LogP contribution < -0.4 is 0 Å². The van der Waals surface area contributed by atoms with Gasteiger partial charge in [-0.3, -0.25) is 9.59 Å². The topological polar surface area (TPSA) is 74.6 Å². The molecule has 23 heavy (non-hydrogen) atoms. The van der Waals surface area contributed by atoms with Crippen LogP contribution >= 0.6 is 0 Å². The van der Waals surface area contributed by atoms with Crippen molar-refractivity contribution < 1.29 is 19.8 Å². The molecule has 0 aliphatic rings. The highest BCUT2D eigenvalue weighted by Gasteiger charge is 2.44. The molecule has 2 atom stereocenters. The Morgan fingerprint density at radius 2 is 1.26 bits per heavy atom. The van der Waals surface area contributed by atoms with E-state index in [1.54, 1.807) is 0 Å². The largest absolute Gasteiger partial charge is 0.481 e. The minimum atomic E-state index is -0.683. The van der Waals surface area contributed by atoms with Gasteiger partial charge < -0.3 is 10.2 Å². The number of carboxylic acid groups (broad SMARTS) is 2. The Bertz CT molecular complexity index is 385. The highest BCUT2D eigenvalue weighted by Crippen LogP contribution is 2.44. The Labute approximate surface area is 142 Å². The molecule has 0 aliphatic heterocycles. The van der Waals surface area contributed by atoms with Crippen molar-refractivity contribution in [1.29, 1.82) is 0 Å². The van der Waals surface area contributed by atoms with Gasteiger partial charge in [0, 0.05) is 0 Å². The van der Waals surface area contributed by atoms with Gasteiger partial charge in [0.15, 0.2) is 0 Å². The lowest BCUT2D eigenvalue weighted by atomic mass is 9.64. The summed E-state index contributed by atoms with van der Waals surface area (Å²) in [5.41, 5.74) is -0.796. The number of aliphatic carboxylic acids is 2. The third-order valence-corrected chi connectivity index (χ3v) is 6.12. The van der Waals surface area contributed by atoms with Gasteiger partial charge in [0.2, 0.25) is 0 Å². The van der Waals surface area contributed by atoms with Crippen molar-refractivity contribution in [3.05, 3.63) is 0 Å². The summed E-state index contributed by atoms with van der Waals surface area (Å²) < 4.78 is 0. The smallest absolute Gasteiger partial charge is 0.309 e. The lowest BCUT2D eigenvalue weighted by Gasteiger charge is -2.39. The van der Waals surface area contributed by atoms with Crippen LogP contribution in [0.5, 0.6) is 0 Å². The lowest BCUT2D eigenvalue weighted by molar-refractivity contribution is -0.156. The molecule has 0 aromatic rings. The first-order valence-corrected chi connectivity index (χ1v) is 8.73. The molecule has 4 heteroatoms. The van der Waals surface area contributed by atoms with E-state index >= 15 is 0 Å². The van der Waals surface area contributed by atoms with E-state index in [4.69, 9.17) is 10.2 Å². The molecule has 0 amide bonds. The molecule has 138 valence electrons. The first-order chi connectivity index (χ1) is 10.3. The van der Waals surface area contributed by atoms with E-state index in [9.17, 15) is 9.59 Å². The van der Waals surface area contributed by atoms with Gasteiger partial charge in [-0.15, -0.1) is 0 Å². The summed E-state index contributed by atoms with van der Waals surface area (Å²) >= 11 is 0. The number of carbonyl (C=O) groups is 2. The van der Waals surface area contributed by atoms with Crippen LogP contribution in [0.25, 0.3) is 0 Å². The molecule has 0 bridgehead atoms.